The lowest BCUT2D eigenvalue weighted by atomic mass is 9.75. The zero-order valence-electron chi connectivity index (χ0n) is 13.7. The highest BCUT2D eigenvalue weighted by atomic mass is 127. The molecule has 0 aromatic heterocycles. The summed E-state index contributed by atoms with van der Waals surface area (Å²) in [5.74, 6) is 0. The van der Waals surface area contributed by atoms with Crippen LogP contribution in [0, 0.1) is 3.57 Å². The van der Waals surface area contributed by atoms with Gasteiger partial charge in [0.1, 0.15) is 0 Å². The van der Waals surface area contributed by atoms with Gasteiger partial charge in [-0.25, -0.2) is 0 Å². The number of halogens is 1. The zero-order valence-corrected chi connectivity index (χ0v) is 15.9. The van der Waals surface area contributed by atoms with E-state index in [0.29, 0.717) is 0 Å². The van der Waals surface area contributed by atoms with Crippen molar-refractivity contribution in [3.8, 4) is 0 Å². The van der Waals surface area contributed by atoms with Gasteiger partial charge in [0.15, 0.2) is 0 Å². The van der Waals surface area contributed by atoms with E-state index in [1.54, 1.807) is 0 Å². The molecule has 3 aromatic carbocycles. The molecular formula is C21H18BIO2. The van der Waals surface area contributed by atoms with Crippen molar-refractivity contribution < 1.29 is 9.31 Å². The van der Waals surface area contributed by atoms with Gasteiger partial charge in [-0.05, 0) is 51.3 Å². The van der Waals surface area contributed by atoms with Crippen LogP contribution in [-0.2, 0) is 9.31 Å². The molecule has 1 fully saturated rings. The lowest BCUT2D eigenvalue weighted by Crippen LogP contribution is -2.43. The third-order valence-electron chi connectivity index (χ3n) is 4.49. The predicted octanol–water partition coefficient (Wildman–Crippen LogP) is 4.91. The first-order valence-corrected chi connectivity index (χ1v) is 9.54. The molecule has 1 aliphatic heterocycles. The molecule has 1 saturated heterocycles. The maximum atomic E-state index is 6.33. The topological polar surface area (TPSA) is 18.5 Å². The Morgan fingerprint density at radius 1 is 0.680 bits per heavy atom. The summed E-state index contributed by atoms with van der Waals surface area (Å²) < 4.78 is 13.9. The molecule has 4 rings (SSSR count). The summed E-state index contributed by atoms with van der Waals surface area (Å²) >= 11 is 2.31. The van der Waals surface area contributed by atoms with E-state index in [0.717, 1.165) is 11.9 Å². The highest BCUT2D eigenvalue weighted by molar-refractivity contribution is 14.1. The Morgan fingerprint density at radius 3 is 1.64 bits per heavy atom. The molecule has 2 atom stereocenters. The van der Waals surface area contributed by atoms with Crippen LogP contribution in [0.5, 0.6) is 0 Å². The second-order valence-corrected chi connectivity index (χ2v) is 7.44. The molecule has 25 heavy (non-hydrogen) atoms. The summed E-state index contributed by atoms with van der Waals surface area (Å²) in [5.41, 5.74) is 3.45. The number of benzene rings is 3. The average molecular weight is 440 g/mol. The minimum Gasteiger partial charge on any atom is -0.400 e. The van der Waals surface area contributed by atoms with Crippen LogP contribution in [0.25, 0.3) is 0 Å². The van der Waals surface area contributed by atoms with E-state index in [2.05, 4.69) is 95.4 Å². The highest BCUT2D eigenvalue weighted by Crippen LogP contribution is 2.37. The Labute approximate surface area is 162 Å². The van der Waals surface area contributed by atoms with Gasteiger partial charge in [0.05, 0.1) is 12.2 Å². The summed E-state index contributed by atoms with van der Waals surface area (Å²) in [5, 5.41) is 0. The maximum Gasteiger partial charge on any atom is 0.494 e. The number of hydrogen-bond acceptors (Lipinski definition) is 2. The molecule has 1 aliphatic rings. The van der Waals surface area contributed by atoms with Crippen LogP contribution in [-0.4, -0.2) is 7.12 Å². The van der Waals surface area contributed by atoms with Gasteiger partial charge in [0.2, 0.25) is 0 Å². The van der Waals surface area contributed by atoms with Crippen LogP contribution in [0.15, 0.2) is 84.9 Å². The van der Waals surface area contributed by atoms with Gasteiger partial charge in [-0.2, -0.15) is 0 Å². The Kier molecular flexibility index (Phi) is 5.20. The molecule has 1 heterocycles. The summed E-state index contributed by atoms with van der Waals surface area (Å²) in [6.45, 7) is 0. The lowest BCUT2D eigenvalue weighted by Gasteiger charge is -2.35. The van der Waals surface area contributed by atoms with Gasteiger partial charge in [-0.3, -0.25) is 0 Å². The van der Waals surface area contributed by atoms with Crippen molar-refractivity contribution in [2.24, 2.45) is 0 Å². The van der Waals surface area contributed by atoms with Crippen molar-refractivity contribution in [2.75, 3.05) is 0 Å². The fourth-order valence-electron chi connectivity index (χ4n) is 3.18. The van der Waals surface area contributed by atoms with Gasteiger partial charge in [0.25, 0.3) is 0 Å². The molecule has 4 heteroatoms. The summed E-state index contributed by atoms with van der Waals surface area (Å²) in [7, 11) is -0.360. The molecule has 124 valence electrons. The van der Waals surface area contributed by atoms with Gasteiger partial charge in [0, 0.05) is 9.99 Å². The van der Waals surface area contributed by atoms with E-state index >= 15 is 0 Å². The second kappa shape index (κ2) is 7.73. The smallest absolute Gasteiger partial charge is 0.400 e. The number of hydrogen-bond donors (Lipinski definition) is 0. The molecule has 0 bridgehead atoms. The molecule has 2 unspecified atom stereocenters. The molecule has 0 spiro atoms. The first-order valence-electron chi connectivity index (χ1n) is 8.46. The van der Waals surface area contributed by atoms with Crippen LogP contribution < -0.4 is 5.46 Å². The fourth-order valence-corrected chi connectivity index (χ4v) is 3.54. The van der Waals surface area contributed by atoms with Crippen LogP contribution in [0.2, 0.25) is 0 Å². The monoisotopic (exact) mass is 440 g/mol. The van der Waals surface area contributed by atoms with Gasteiger partial charge >= 0.3 is 7.12 Å². The van der Waals surface area contributed by atoms with E-state index < -0.39 is 0 Å². The number of rotatable bonds is 3. The average Bonchev–Trinajstić information content (AvgIpc) is 2.69. The Bertz CT molecular complexity index is 761. The first kappa shape index (κ1) is 16.8. The van der Waals surface area contributed by atoms with Crippen LogP contribution in [0.3, 0.4) is 0 Å². The highest BCUT2D eigenvalue weighted by Gasteiger charge is 2.36. The van der Waals surface area contributed by atoms with Crippen molar-refractivity contribution in [1.82, 2.24) is 0 Å². The third-order valence-corrected chi connectivity index (χ3v) is 5.21. The Morgan fingerprint density at radius 2 is 1.16 bits per heavy atom. The molecule has 0 radical (unpaired) electrons. The molecule has 3 aromatic rings. The van der Waals surface area contributed by atoms with Gasteiger partial charge in [-0.1, -0.05) is 72.8 Å². The molecule has 0 saturated carbocycles. The quantitative estimate of drug-likeness (QED) is 0.426. The fraction of sp³-hybridized carbons (Fsp3) is 0.143. The first-order chi connectivity index (χ1) is 12.3. The molecule has 2 nitrogen and oxygen atoms in total. The lowest BCUT2D eigenvalue weighted by molar-refractivity contribution is 0.0206. The standard InChI is InChI=1S/C21H18BIO2/c23-19-13-11-18(12-14-19)22-24-20(16-7-3-1-4-8-16)15-21(25-22)17-9-5-2-6-10-17/h1-14,20-21H,15H2. The second-order valence-electron chi connectivity index (χ2n) is 6.19. The van der Waals surface area contributed by atoms with Crippen molar-refractivity contribution in [3.63, 3.8) is 0 Å². The van der Waals surface area contributed by atoms with Crippen molar-refractivity contribution in [1.29, 1.82) is 0 Å². The normalized spacial score (nSPS) is 20.4. The van der Waals surface area contributed by atoms with E-state index in [1.165, 1.54) is 14.7 Å². The minimum absolute atomic E-state index is 0.0180. The molecule has 0 N–H and O–H groups in total. The van der Waals surface area contributed by atoms with E-state index in [1.807, 2.05) is 12.1 Å². The molecule has 0 aliphatic carbocycles. The summed E-state index contributed by atoms with van der Waals surface area (Å²) in [4.78, 5) is 0. The summed E-state index contributed by atoms with van der Waals surface area (Å²) in [6, 6.07) is 29.2. The van der Waals surface area contributed by atoms with Gasteiger partial charge in [-0.15, -0.1) is 0 Å². The minimum atomic E-state index is -0.360. The summed E-state index contributed by atoms with van der Waals surface area (Å²) in [6.07, 6.45) is 0.850. The molecule has 0 amide bonds. The third kappa shape index (κ3) is 3.97. The largest absolute Gasteiger partial charge is 0.494 e. The van der Waals surface area contributed by atoms with Crippen molar-refractivity contribution >= 4 is 35.2 Å². The molecular weight excluding hydrogens is 422 g/mol. The van der Waals surface area contributed by atoms with Crippen LogP contribution in [0.4, 0.5) is 0 Å². The Hall–Kier alpha value is -1.63. The SMILES string of the molecule is Ic1ccc(B2OC(c3ccccc3)CC(c3ccccc3)O2)cc1. The maximum absolute atomic E-state index is 6.33. The van der Waals surface area contributed by atoms with Crippen molar-refractivity contribution in [2.45, 2.75) is 18.6 Å². The Balaban J connectivity index is 1.66. The van der Waals surface area contributed by atoms with Gasteiger partial charge < -0.3 is 9.31 Å². The van der Waals surface area contributed by atoms with Crippen LogP contribution in [0.1, 0.15) is 29.8 Å². The van der Waals surface area contributed by atoms with E-state index in [9.17, 15) is 0 Å². The predicted molar refractivity (Wildman–Crippen MR) is 110 cm³/mol. The van der Waals surface area contributed by atoms with E-state index in [4.69, 9.17) is 9.31 Å². The zero-order chi connectivity index (χ0) is 17.1. The van der Waals surface area contributed by atoms with Crippen LogP contribution >= 0.6 is 22.6 Å². The van der Waals surface area contributed by atoms with E-state index in [-0.39, 0.29) is 19.3 Å². The van der Waals surface area contributed by atoms with Crippen molar-refractivity contribution in [3.05, 3.63) is 99.6 Å².